The maximum absolute atomic E-state index is 12.8. The number of hydrogen-bond donors (Lipinski definition) is 2. The number of ketones is 1. The van der Waals surface area contributed by atoms with E-state index in [1.807, 2.05) is 25.1 Å². The van der Waals surface area contributed by atoms with Gasteiger partial charge >= 0.3 is 5.97 Å². The number of fused-ring (bicyclic) bond motifs is 1. The summed E-state index contributed by atoms with van der Waals surface area (Å²) in [7, 11) is 0. The average molecular weight is 350 g/mol. The average Bonchev–Trinajstić information content (AvgIpc) is 3.02. The first-order chi connectivity index (χ1) is 9.99. The van der Waals surface area contributed by atoms with Gasteiger partial charge in [-0.05, 0) is 30.9 Å². The van der Waals surface area contributed by atoms with E-state index < -0.39 is 17.8 Å². The number of nitrogens with one attached hydrogen (secondary N) is 1. The molecule has 3 rings (SSSR count). The topological polar surface area (TPSA) is 70.2 Å². The fraction of sp³-hybridized carbons (Fsp3) is 0.375. The number of benzene rings is 1. The van der Waals surface area contributed by atoms with E-state index in [2.05, 4.69) is 20.9 Å². The highest BCUT2D eigenvalue weighted by Crippen LogP contribution is 2.40. The number of aliphatic carboxylic acids is 1. The molecule has 1 aliphatic carbocycles. The van der Waals surface area contributed by atoms with Gasteiger partial charge in [0.25, 0.3) is 0 Å². The Balaban J connectivity index is 2.03. The van der Waals surface area contributed by atoms with E-state index in [1.54, 1.807) is 6.20 Å². The lowest BCUT2D eigenvalue weighted by Gasteiger charge is -2.14. The van der Waals surface area contributed by atoms with Gasteiger partial charge in [-0.15, -0.1) is 0 Å². The molecule has 1 saturated carbocycles. The SMILES string of the molecule is CC1CC(C(=O)O)C(C(=O)c2c[nH]c3cccc(Br)c23)C1. The van der Waals surface area contributed by atoms with Crippen molar-refractivity contribution in [2.24, 2.45) is 17.8 Å². The van der Waals surface area contributed by atoms with E-state index in [1.165, 1.54) is 0 Å². The Morgan fingerprint density at radius 3 is 2.71 bits per heavy atom. The van der Waals surface area contributed by atoms with Crippen LogP contribution in [0.5, 0.6) is 0 Å². The lowest BCUT2D eigenvalue weighted by atomic mass is 9.88. The van der Waals surface area contributed by atoms with Crippen LogP contribution in [-0.2, 0) is 4.79 Å². The van der Waals surface area contributed by atoms with Gasteiger partial charge in [0.15, 0.2) is 5.78 Å². The highest BCUT2D eigenvalue weighted by Gasteiger charge is 2.41. The van der Waals surface area contributed by atoms with Gasteiger partial charge in [0.05, 0.1) is 5.92 Å². The summed E-state index contributed by atoms with van der Waals surface area (Å²) in [6.45, 7) is 2.01. The molecule has 2 N–H and O–H groups in total. The van der Waals surface area contributed by atoms with Crippen molar-refractivity contribution in [3.63, 3.8) is 0 Å². The maximum atomic E-state index is 12.8. The summed E-state index contributed by atoms with van der Waals surface area (Å²) in [6, 6.07) is 5.69. The Bertz CT molecular complexity index is 721. The first-order valence-electron chi connectivity index (χ1n) is 7.01. The zero-order valence-electron chi connectivity index (χ0n) is 11.6. The third kappa shape index (κ3) is 2.39. The number of H-pyrrole nitrogens is 1. The normalized spacial score (nSPS) is 25.3. The van der Waals surface area contributed by atoms with E-state index in [0.29, 0.717) is 18.4 Å². The summed E-state index contributed by atoms with van der Waals surface area (Å²) in [6.07, 6.45) is 2.92. The summed E-state index contributed by atoms with van der Waals surface area (Å²) in [5, 5.41) is 10.2. The number of carbonyl (C=O) groups excluding carboxylic acids is 1. The minimum absolute atomic E-state index is 0.0649. The minimum Gasteiger partial charge on any atom is -0.481 e. The monoisotopic (exact) mass is 349 g/mol. The molecule has 0 aliphatic heterocycles. The van der Waals surface area contributed by atoms with Crippen LogP contribution in [0.4, 0.5) is 0 Å². The number of aromatic amines is 1. The summed E-state index contributed by atoms with van der Waals surface area (Å²) in [5.74, 6) is -1.65. The maximum Gasteiger partial charge on any atom is 0.307 e. The van der Waals surface area contributed by atoms with Crippen LogP contribution < -0.4 is 0 Å². The number of carboxylic acid groups (broad SMARTS) is 1. The molecule has 4 nitrogen and oxygen atoms in total. The first kappa shape index (κ1) is 14.3. The molecule has 1 heterocycles. The molecule has 3 unspecified atom stereocenters. The van der Waals surface area contributed by atoms with Crippen LogP contribution in [0.25, 0.3) is 10.9 Å². The molecule has 1 aromatic carbocycles. The lowest BCUT2D eigenvalue weighted by Crippen LogP contribution is -2.25. The molecule has 1 aliphatic rings. The van der Waals surface area contributed by atoms with Crippen LogP contribution in [0.3, 0.4) is 0 Å². The number of rotatable bonds is 3. The zero-order valence-corrected chi connectivity index (χ0v) is 13.2. The molecule has 5 heteroatoms. The molecule has 21 heavy (non-hydrogen) atoms. The third-order valence-corrected chi connectivity index (χ3v) is 5.03. The van der Waals surface area contributed by atoms with Gasteiger partial charge in [0.2, 0.25) is 0 Å². The van der Waals surface area contributed by atoms with Crippen molar-refractivity contribution in [2.45, 2.75) is 19.8 Å². The highest BCUT2D eigenvalue weighted by atomic mass is 79.9. The van der Waals surface area contributed by atoms with Crippen LogP contribution >= 0.6 is 15.9 Å². The number of carboxylic acids is 1. The predicted octanol–water partition coefficient (Wildman–Crippen LogP) is 3.86. The molecular weight excluding hydrogens is 334 g/mol. The summed E-state index contributed by atoms with van der Waals surface area (Å²) >= 11 is 3.47. The number of carbonyl (C=O) groups is 2. The molecule has 1 aromatic heterocycles. The summed E-state index contributed by atoms with van der Waals surface area (Å²) < 4.78 is 0.850. The Kier molecular flexibility index (Phi) is 3.61. The van der Waals surface area contributed by atoms with Crippen LogP contribution in [0.2, 0.25) is 0 Å². The molecule has 2 aromatic rings. The van der Waals surface area contributed by atoms with E-state index in [4.69, 9.17) is 0 Å². The van der Waals surface area contributed by atoms with Crippen LogP contribution in [0.15, 0.2) is 28.9 Å². The molecule has 0 bridgehead atoms. The van der Waals surface area contributed by atoms with E-state index in [-0.39, 0.29) is 11.7 Å². The quantitative estimate of drug-likeness (QED) is 0.826. The summed E-state index contributed by atoms with van der Waals surface area (Å²) in [5.41, 5.74) is 1.47. The Labute approximate surface area is 130 Å². The zero-order chi connectivity index (χ0) is 15.1. The lowest BCUT2D eigenvalue weighted by molar-refractivity contribution is -0.142. The molecule has 110 valence electrons. The van der Waals surface area contributed by atoms with E-state index in [0.717, 1.165) is 15.4 Å². The van der Waals surface area contributed by atoms with Gasteiger partial charge in [-0.25, -0.2) is 0 Å². The van der Waals surface area contributed by atoms with Gasteiger partial charge in [-0.1, -0.05) is 28.9 Å². The van der Waals surface area contributed by atoms with Gasteiger partial charge < -0.3 is 10.1 Å². The Morgan fingerprint density at radius 1 is 1.29 bits per heavy atom. The van der Waals surface area contributed by atoms with Gasteiger partial charge in [-0.3, -0.25) is 9.59 Å². The number of Topliss-reactive ketones (excluding diaryl/α,β-unsaturated/α-hetero) is 1. The fourth-order valence-corrected chi connectivity index (χ4v) is 3.97. The number of hydrogen-bond acceptors (Lipinski definition) is 2. The standard InChI is InChI=1S/C16H16BrNO3/c1-8-5-9(10(6-8)16(20)21)15(19)11-7-18-13-4-2-3-12(17)14(11)13/h2-4,7-10,18H,5-6H2,1H3,(H,20,21). The Hall–Kier alpha value is -1.62. The molecule has 1 fully saturated rings. The molecule has 0 amide bonds. The largest absolute Gasteiger partial charge is 0.481 e. The third-order valence-electron chi connectivity index (χ3n) is 4.37. The van der Waals surface area contributed by atoms with Gasteiger partial charge in [0, 0.05) is 33.1 Å². The second kappa shape index (κ2) is 5.30. The van der Waals surface area contributed by atoms with E-state index >= 15 is 0 Å². The second-order valence-electron chi connectivity index (χ2n) is 5.86. The van der Waals surface area contributed by atoms with Crippen molar-refractivity contribution in [1.29, 1.82) is 0 Å². The predicted molar refractivity (Wildman–Crippen MR) is 83.3 cm³/mol. The molecule has 3 atom stereocenters. The summed E-state index contributed by atoms with van der Waals surface area (Å²) in [4.78, 5) is 27.3. The van der Waals surface area contributed by atoms with Gasteiger partial charge in [-0.2, -0.15) is 0 Å². The molecule has 0 spiro atoms. The Morgan fingerprint density at radius 2 is 2.00 bits per heavy atom. The van der Waals surface area contributed by atoms with Crippen molar-refractivity contribution in [3.8, 4) is 0 Å². The molecular formula is C16H16BrNO3. The van der Waals surface area contributed by atoms with E-state index in [9.17, 15) is 14.7 Å². The van der Waals surface area contributed by atoms with Crippen molar-refractivity contribution >= 4 is 38.6 Å². The molecule has 0 radical (unpaired) electrons. The fourth-order valence-electron chi connectivity index (χ4n) is 3.39. The van der Waals surface area contributed by atoms with Crippen molar-refractivity contribution < 1.29 is 14.7 Å². The second-order valence-corrected chi connectivity index (χ2v) is 6.71. The number of aromatic nitrogens is 1. The molecule has 0 saturated heterocycles. The first-order valence-corrected chi connectivity index (χ1v) is 7.81. The highest BCUT2D eigenvalue weighted by molar-refractivity contribution is 9.10. The van der Waals surface area contributed by atoms with Crippen LogP contribution in [0, 0.1) is 17.8 Å². The minimum atomic E-state index is -0.864. The van der Waals surface area contributed by atoms with Crippen LogP contribution in [0.1, 0.15) is 30.1 Å². The smallest absolute Gasteiger partial charge is 0.307 e. The van der Waals surface area contributed by atoms with Crippen LogP contribution in [-0.4, -0.2) is 21.8 Å². The van der Waals surface area contributed by atoms with Gasteiger partial charge in [0.1, 0.15) is 0 Å². The van der Waals surface area contributed by atoms with Crippen molar-refractivity contribution in [3.05, 3.63) is 34.4 Å². The van der Waals surface area contributed by atoms with Crippen molar-refractivity contribution in [1.82, 2.24) is 4.98 Å². The van der Waals surface area contributed by atoms with Crippen molar-refractivity contribution in [2.75, 3.05) is 0 Å². The number of halogens is 1.